The van der Waals surface area contributed by atoms with Crippen molar-refractivity contribution in [1.29, 1.82) is 0 Å². The molecule has 0 fully saturated rings. The summed E-state index contributed by atoms with van der Waals surface area (Å²) in [5.74, 6) is -0.302. The largest absolute Gasteiger partial charge is 0.394 e. The van der Waals surface area contributed by atoms with Gasteiger partial charge in [-0.05, 0) is 43.2 Å². The first-order valence-corrected chi connectivity index (χ1v) is 6.26. The number of halogens is 1. The number of aryl methyl sites for hydroxylation is 1. The standard InChI is InChI=1S/C16H18FNO/c1-12-6-3-4-9-15(12)18-16(2,11-19)13-7-5-8-14(17)10-13/h3-10,18-19H,11H2,1-2H3. The molecular weight excluding hydrogens is 241 g/mol. The third-order valence-electron chi connectivity index (χ3n) is 3.33. The van der Waals surface area contributed by atoms with Crippen molar-refractivity contribution in [1.82, 2.24) is 0 Å². The van der Waals surface area contributed by atoms with Crippen LogP contribution < -0.4 is 5.32 Å². The van der Waals surface area contributed by atoms with Gasteiger partial charge < -0.3 is 10.4 Å². The van der Waals surface area contributed by atoms with Crippen molar-refractivity contribution in [3.8, 4) is 0 Å². The first-order valence-electron chi connectivity index (χ1n) is 6.26. The predicted molar refractivity (Wildman–Crippen MR) is 75.6 cm³/mol. The Balaban J connectivity index is 2.36. The second kappa shape index (κ2) is 5.41. The van der Waals surface area contributed by atoms with Gasteiger partial charge in [0.05, 0.1) is 12.1 Å². The molecule has 0 bridgehead atoms. The Hall–Kier alpha value is -1.87. The van der Waals surface area contributed by atoms with E-state index >= 15 is 0 Å². The molecule has 0 radical (unpaired) electrons. The molecule has 100 valence electrons. The molecule has 2 rings (SSSR count). The summed E-state index contributed by atoms with van der Waals surface area (Å²) in [6.07, 6.45) is 0. The van der Waals surface area contributed by atoms with Gasteiger partial charge in [0, 0.05) is 5.69 Å². The van der Waals surface area contributed by atoms with E-state index in [4.69, 9.17) is 0 Å². The molecule has 1 atom stereocenters. The van der Waals surface area contributed by atoms with Crippen LogP contribution in [0.1, 0.15) is 18.1 Å². The fourth-order valence-corrected chi connectivity index (χ4v) is 2.05. The summed E-state index contributed by atoms with van der Waals surface area (Å²) in [6.45, 7) is 3.73. The minimum Gasteiger partial charge on any atom is -0.394 e. The van der Waals surface area contributed by atoms with Crippen molar-refractivity contribution < 1.29 is 9.50 Å². The number of hydrogen-bond donors (Lipinski definition) is 2. The molecule has 0 heterocycles. The van der Waals surface area contributed by atoms with Crippen molar-refractivity contribution in [3.05, 3.63) is 65.5 Å². The lowest BCUT2D eigenvalue weighted by Crippen LogP contribution is -2.36. The highest BCUT2D eigenvalue weighted by Gasteiger charge is 2.26. The van der Waals surface area contributed by atoms with E-state index in [0.29, 0.717) is 0 Å². The number of rotatable bonds is 4. The molecule has 2 N–H and O–H groups in total. The van der Waals surface area contributed by atoms with Crippen molar-refractivity contribution in [2.24, 2.45) is 0 Å². The summed E-state index contributed by atoms with van der Waals surface area (Å²) < 4.78 is 13.3. The van der Waals surface area contributed by atoms with Gasteiger partial charge >= 0.3 is 0 Å². The van der Waals surface area contributed by atoms with Gasteiger partial charge in [0.1, 0.15) is 5.82 Å². The van der Waals surface area contributed by atoms with Crippen LogP contribution in [0.15, 0.2) is 48.5 Å². The third kappa shape index (κ3) is 2.93. The molecule has 2 aromatic carbocycles. The van der Waals surface area contributed by atoms with Crippen molar-refractivity contribution >= 4 is 5.69 Å². The van der Waals surface area contributed by atoms with E-state index in [9.17, 15) is 9.50 Å². The number of hydrogen-bond acceptors (Lipinski definition) is 2. The summed E-state index contributed by atoms with van der Waals surface area (Å²) in [5, 5.41) is 13.0. The van der Waals surface area contributed by atoms with Crippen LogP contribution in [-0.4, -0.2) is 11.7 Å². The fraction of sp³-hybridized carbons (Fsp3) is 0.250. The van der Waals surface area contributed by atoms with Gasteiger partial charge in [0.2, 0.25) is 0 Å². The van der Waals surface area contributed by atoms with Gasteiger partial charge in [-0.25, -0.2) is 4.39 Å². The summed E-state index contributed by atoms with van der Waals surface area (Å²) in [5.41, 5.74) is 2.02. The zero-order chi connectivity index (χ0) is 13.9. The Kier molecular flexibility index (Phi) is 3.86. The smallest absolute Gasteiger partial charge is 0.123 e. The average molecular weight is 259 g/mol. The maximum atomic E-state index is 13.3. The van der Waals surface area contributed by atoms with Gasteiger partial charge in [-0.3, -0.25) is 0 Å². The number of benzene rings is 2. The monoisotopic (exact) mass is 259 g/mol. The Morgan fingerprint density at radius 2 is 1.89 bits per heavy atom. The zero-order valence-corrected chi connectivity index (χ0v) is 11.2. The molecule has 2 nitrogen and oxygen atoms in total. The Morgan fingerprint density at radius 1 is 1.16 bits per heavy atom. The zero-order valence-electron chi connectivity index (χ0n) is 11.2. The van der Waals surface area contributed by atoms with E-state index in [2.05, 4.69) is 5.32 Å². The minimum atomic E-state index is -0.714. The Morgan fingerprint density at radius 3 is 2.53 bits per heavy atom. The molecule has 0 spiro atoms. The van der Waals surface area contributed by atoms with E-state index < -0.39 is 5.54 Å². The maximum Gasteiger partial charge on any atom is 0.123 e. The van der Waals surface area contributed by atoms with Crippen LogP contribution in [0, 0.1) is 12.7 Å². The highest BCUT2D eigenvalue weighted by atomic mass is 19.1. The van der Waals surface area contributed by atoms with Gasteiger partial charge in [0.25, 0.3) is 0 Å². The van der Waals surface area contributed by atoms with Crippen LogP contribution >= 0.6 is 0 Å². The maximum absolute atomic E-state index is 13.3. The molecule has 0 aliphatic rings. The first-order chi connectivity index (χ1) is 9.05. The van der Waals surface area contributed by atoms with E-state index in [-0.39, 0.29) is 12.4 Å². The Bertz CT molecular complexity index is 570. The highest BCUT2D eigenvalue weighted by molar-refractivity contribution is 5.53. The molecule has 0 aliphatic heterocycles. The number of para-hydroxylation sites is 1. The number of anilines is 1. The van der Waals surface area contributed by atoms with Crippen molar-refractivity contribution in [3.63, 3.8) is 0 Å². The van der Waals surface area contributed by atoms with Gasteiger partial charge in [0.15, 0.2) is 0 Å². The molecule has 0 amide bonds. The number of aliphatic hydroxyl groups is 1. The SMILES string of the molecule is Cc1ccccc1NC(C)(CO)c1cccc(F)c1. The van der Waals surface area contributed by atoms with E-state index in [1.807, 2.05) is 44.2 Å². The van der Waals surface area contributed by atoms with Crippen LogP contribution in [0.25, 0.3) is 0 Å². The molecule has 1 unspecified atom stereocenters. The lowest BCUT2D eigenvalue weighted by Gasteiger charge is -2.31. The average Bonchev–Trinajstić information content (AvgIpc) is 2.41. The molecule has 3 heteroatoms. The van der Waals surface area contributed by atoms with E-state index in [1.165, 1.54) is 12.1 Å². The molecule has 0 saturated carbocycles. The summed E-state index contributed by atoms with van der Waals surface area (Å²) in [6, 6.07) is 14.1. The fourth-order valence-electron chi connectivity index (χ4n) is 2.05. The minimum absolute atomic E-state index is 0.120. The second-order valence-corrected chi connectivity index (χ2v) is 4.94. The molecular formula is C16H18FNO. The van der Waals surface area contributed by atoms with Gasteiger partial charge in [-0.2, -0.15) is 0 Å². The first kappa shape index (κ1) is 13.6. The van der Waals surface area contributed by atoms with Crippen LogP contribution in [0.2, 0.25) is 0 Å². The predicted octanol–water partition coefficient (Wildman–Crippen LogP) is 3.45. The van der Waals surface area contributed by atoms with Crippen LogP contribution in [0.4, 0.5) is 10.1 Å². The topological polar surface area (TPSA) is 32.3 Å². The lowest BCUT2D eigenvalue weighted by molar-refractivity contribution is 0.223. The van der Waals surface area contributed by atoms with Crippen molar-refractivity contribution in [2.45, 2.75) is 19.4 Å². The molecule has 19 heavy (non-hydrogen) atoms. The molecule has 0 aliphatic carbocycles. The third-order valence-corrected chi connectivity index (χ3v) is 3.33. The molecule has 2 aromatic rings. The number of aliphatic hydroxyl groups excluding tert-OH is 1. The highest BCUT2D eigenvalue weighted by Crippen LogP contribution is 2.27. The van der Waals surface area contributed by atoms with Gasteiger partial charge in [-0.1, -0.05) is 30.3 Å². The van der Waals surface area contributed by atoms with Gasteiger partial charge in [-0.15, -0.1) is 0 Å². The quantitative estimate of drug-likeness (QED) is 0.881. The van der Waals surface area contributed by atoms with E-state index in [0.717, 1.165) is 16.8 Å². The summed E-state index contributed by atoms with van der Waals surface area (Å²) >= 11 is 0. The molecule has 0 saturated heterocycles. The summed E-state index contributed by atoms with van der Waals surface area (Å²) in [4.78, 5) is 0. The van der Waals surface area contributed by atoms with Crippen LogP contribution in [0.3, 0.4) is 0 Å². The summed E-state index contributed by atoms with van der Waals surface area (Å²) in [7, 11) is 0. The Labute approximate surface area is 112 Å². The normalized spacial score (nSPS) is 13.9. The lowest BCUT2D eigenvalue weighted by atomic mass is 9.92. The van der Waals surface area contributed by atoms with E-state index in [1.54, 1.807) is 6.07 Å². The number of nitrogens with one attached hydrogen (secondary N) is 1. The van der Waals surface area contributed by atoms with Crippen molar-refractivity contribution in [2.75, 3.05) is 11.9 Å². The molecule has 0 aromatic heterocycles. The van der Waals surface area contributed by atoms with Crippen LogP contribution in [0.5, 0.6) is 0 Å². The second-order valence-electron chi connectivity index (χ2n) is 4.94. The van der Waals surface area contributed by atoms with Crippen LogP contribution in [-0.2, 0) is 5.54 Å².